The first-order valence-corrected chi connectivity index (χ1v) is 10.4. The number of nitrogens with one attached hydrogen (secondary N) is 2. The molecular weight excluding hydrogens is 392 g/mol. The maximum Gasteiger partial charge on any atom is 0.257 e. The number of benzene rings is 2. The molecule has 0 fully saturated rings. The molecule has 29 heavy (non-hydrogen) atoms. The van der Waals surface area contributed by atoms with Crippen LogP contribution in [0.5, 0.6) is 0 Å². The second kappa shape index (κ2) is 8.80. The molecule has 1 aromatic heterocycles. The van der Waals surface area contributed by atoms with Crippen LogP contribution in [0.25, 0.3) is 11.5 Å². The molecule has 0 aliphatic heterocycles. The van der Waals surface area contributed by atoms with Gasteiger partial charge in [0.1, 0.15) is 0 Å². The van der Waals surface area contributed by atoms with Crippen LogP contribution in [-0.2, 0) is 15.8 Å². The first-order chi connectivity index (χ1) is 13.9. The van der Waals surface area contributed by atoms with E-state index in [1.807, 2.05) is 0 Å². The van der Waals surface area contributed by atoms with Crippen molar-refractivity contribution in [2.45, 2.75) is 12.7 Å². The number of anilines is 1. The minimum absolute atomic E-state index is 0.147. The quantitative estimate of drug-likeness (QED) is 0.550. The number of amides is 1. The van der Waals surface area contributed by atoms with E-state index in [2.05, 4.69) is 26.8 Å². The molecule has 0 aliphatic rings. The molecule has 0 saturated carbocycles. The van der Waals surface area contributed by atoms with E-state index in [1.54, 1.807) is 55.5 Å². The van der Waals surface area contributed by atoms with Gasteiger partial charge in [-0.15, -0.1) is 6.58 Å². The second-order valence-electron chi connectivity index (χ2n) is 6.27. The van der Waals surface area contributed by atoms with Gasteiger partial charge in [0.25, 0.3) is 11.8 Å². The molecule has 0 unspecified atom stereocenters. The summed E-state index contributed by atoms with van der Waals surface area (Å²) in [6, 6.07) is 13.4. The zero-order valence-corrected chi connectivity index (χ0v) is 16.6. The summed E-state index contributed by atoms with van der Waals surface area (Å²) in [5, 5.41) is 6.52. The lowest BCUT2D eigenvalue weighted by Crippen LogP contribution is -2.25. The first-order valence-electron chi connectivity index (χ1n) is 8.75. The Morgan fingerprint density at radius 3 is 2.41 bits per heavy atom. The molecule has 9 heteroatoms. The molecule has 3 rings (SSSR count). The van der Waals surface area contributed by atoms with Crippen molar-refractivity contribution in [1.82, 2.24) is 14.9 Å². The highest BCUT2D eigenvalue weighted by molar-refractivity contribution is 7.88. The molecule has 0 atom stereocenters. The number of sulfonamides is 1. The number of hydrogen-bond donors (Lipinski definition) is 2. The second-order valence-corrected chi connectivity index (χ2v) is 8.08. The van der Waals surface area contributed by atoms with Crippen LogP contribution in [0.4, 0.5) is 5.69 Å². The van der Waals surface area contributed by atoms with Gasteiger partial charge in [-0.3, -0.25) is 4.79 Å². The van der Waals surface area contributed by atoms with Gasteiger partial charge in [0.2, 0.25) is 10.0 Å². The van der Waals surface area contributed by atoms with Gasteiger partial charge >= 0.3 is 0 Å². The predicted octanol–water partition coefficient (Wildman–Crippen LogP) is 2.90. The molecule has 0 saturated heterocycles. The lowest BCUT2D eigenvalue weighted by molar-refractivity contribution is 0.102. The first kappa shape index (κ1) is 20.4. The molecular formula is C20H20N4O4S. The fourth-order valence-electron chi connectivity index (χ4n) is 2.52. The molecule has 1 amide bonds. The van der Waals surface area contributed by atoms with E-state index in [0.717, 1.165) is 5.56 Å². The van der Waals surface area contributed by atoms with Gasteiger partial charge in [-0.05, 0) is 48.9 Å². The van der Waals surface area contributed by atoms with Crippen LogP contribution in [0.1, 0.15) is 21.7 Å². The average molecular weight is 412 g/mol. The number of carbonyl (C=O) groups is 1. The number of aryl methyl sites for hydroxylation is 1. The Kier molecular flexibility index (Phi) is 6.20. The van der Waals surface area contributed by atoms with Crippen LogP contribution < -0.4 is 10.0 Å². The third kappa shape index (κ3) is 5.59. The molecule has 0 aliphatic carbocycles. The van der Waals surface area contributed by atoms with Crippen molar-refractivity contribution in [3.05, 3.63) is 78.1 Å². The van der Waals surface area contributed by atoms with E-state index < -0.39 is 10.0 Å². The molecule has 150 valence electrons. The van der Waals surface area contributed by atoms with Gasteiger partial charge < -0.3 is 9.84 Å². The Labute approximate surface area is 168 Å². The smallest absolute Gasteiger partial charge is 0.257 e. The highest BCUT2D eigenvalue weighted by atomic mass is 32.2. The topological polar surface area (TPSA) is 114 Å². The van der Waals surface area contributed by atoms with Gasteiger partial charge in [-0.2, -0.15) is 4.98 Å². The number of aromatic nitrogens is 2. The fourth-order valence-corrected chi connectivity index (χ4v) is 3.63. The maximum absolute atomic E-state index is 12.4. The molecule has 2 N–H and O–H groups in total. The van der Waals surface area contributed by atoms with Gasteiger partial charge in [0.15, 0.2) is 5.82 Å². The van der Waals surface area contributed by atoms with E-state index in [0.29, 0.717) is 28.5 Å². The summed E-state index contributed by atoms with van der Waals surface area (Å²) in [5.41, 5.74) is 2.36. The zero-order valence-electron chi connectivity index (χ0n) is 15.8. The summed E-state index contributed by atoms with van der Waals surface area (Å²) in [5.74, 6) is 0.495. The van der Waals surface area contributed by atoms with E-state index >= 15 is 0 Å². The van der Waals surface area contributed by atoms with Crippen molar-refractivity contribution >= 4 is 21.6 Å². The van der Waals surface area contributed by atoms with Crippen LogP contribution >= 0.6 is 0 Å². The van der Waals surface area contributed by atoms with Crippen molar-refractivity contribution in [2.75, 3.05) is 11.9 Å². The largest absolute Gasteiger partial charge is 0.334 e. The van der Waals surface area contributed by atoms with Crippen molar-refractivity contribution in [1.29, 1.82) is 0 Å². The van der Waals surface area contributed by atoms with E-state index in [-0.39, 0.29) is 18.2 Å². The van der Waals surface area contributed by atoms with Crippen LogP contribution in [0.15, 0.2) is 65.7 Å². The molecule has 1 heterocycles. The van der Waals surface area contributed by atoms with Crippen LogP contribution in [-0.4, -0.2) is 31.0 Å². The van der Waals surface area contributed by atoms with Gasteiger partial charge in [0, 0.05) is 23.4 Å². The summed E-state index contributed by atoms with van der Waals surface area (Å²) >= 11 is 0. The predicted molar refractivity (Wildman–Crippen MR) is 110 cm³/mol. The average Bonchev–Trinajstić information content (AvgIpc) is 3.14. The monoisotopic (exact) mass is 412 g/mol. The van der Waals surface area contributed by atoms with Crippen molar-refractivity contribution < 1.29 is 17.7 Å². The lowest BCUT2D eigenvalue weighted by Gasteiger charge is -2.08. The summed E-state index contributed by atoms with van der Waals surface area (Å²) in [4.78, 5) is 16.6. The highest BCUT2D eigenvalue weighted by Crippen LogP contribution is 2.19. The highest BCUT2D eigenvalue weighted by Gasteiger charge is 2.12. The molecule has 8 nitrogen and oxygen atoms in total. The third-order valence-electron chi connectivity index (χ3n) is 3.94. The Hall–Kier alpha value is -3.30. The minimum Gasteiger partial charge on any atom is -0.334 e. The third-order valence-corrected chi connectivity index (χ3v) is 5.26. The van der Waals surface area contributed by atoms with Crippen LogP contribution in [0.3, 0.4) is 0 Å². The number of carbonyl (C=O) groups excluding carboxylic acids is 1. The van der Waals surface area contributed by atoms with E-state index in [4.69, 9.17) is 4.52 Å². The van der Waals surface area contributed by atoms with Gasteiger partial charge in [-0.1, -0.05) is 23.4 Å². The fraction of sp³-hybridized carbons (Fsp3) is 0.150. The maximum atomic E-state index is 12.4. The van der Waals surface area contributed by atoms with E-state index in [1.165, 1.54) is 6.08 Å². The Morgan fingerprint density at radius 2 is 1.83 bits per heavy atom. The van der Waals surface area contributed by atoms with E-state index in [9.17, 15) is 13.2 Å². The molecule has 3 aromatic rings. The summed E-state index contributed by atoms with van der Waals surface area (Å²) in [7, 11) is -3.43. The van der Waals surface area contributed by atoms with Gasteiger partial charge in [-0.25, -0.2) is 13.1 Å². The SMILES string of the molecule is C=CCNS(=O)(=O)Cc1ccc(NC(=O)c2ccc(-c3nc(C)no3)cc2)cc1. The Morgan fingerprint density at radius 1 is 1.14 bits per heavy atom. The van der Waals surface area contributed by atoms with Crippen molar-refractivity contribution in [3.63, 3.8) is 0 Å². The molecule has 0 spiro atoms. The van der Waals surface area contributed by atoms with Crippen LogP contribution in [0, 0.1) is 6.92 Å². The summed E-state index contributed by atoms with van der Waals surface area (Å²) < 4.78 is 31.3. The van der Waals surface area contributed by atoms with Crippen molar-refractivity contribution in [3.8, 4) is 11.5 Å². The van der Waals surface area contributed by atoms with Crippen LogP contribution in [0.2, 0.25) is 0 Å². The number of nitrogens with zero attached hydrogens (tertiary/aromatic N) is 2. The zero-order chi connectivity index (χ0) is 20.9. The molecule has 0 bridgehead atoms. The normalized spacial score (nSPS) is 11.2. The Bertz CT molecular complexity index is 1100. The van der Waals surface area contributed by atoms with Gasteiger partial charge in [0.05, 0.1) is 5.75 Å². The molecule has 2 aromatic carbocycles. The minimum atomic E-state index is -3.43. The summed E-state index contributed by atoms with van der Waals surface area (Å²) in [6.07, 6.45) is 1.48. The molecule has 0 radical (unpaired) electrons. The van der Waals surface area contributed by atoms with Crippen molar-refractivity contribution in [2.24, 2.45) is 0 Å². The summed E-state index contributed by atoms with van der Waals surface area (Å²) in [6.45, 7) is 5.39. The standard InChI is InChI=1S/C20H20N4O4S/c1-3-12-21-29(26,27)13-15-4-10-18(11-5-15)23-19(25)16-6-8-17(9-7-16)20-22-14(2)24-28-20/h3-11,21H,1,12-13H2,2H3,(H,23,25). The number of rotatable bonds is 8. The Balaban J connectivity index is 1.62. The number of hydrogen-bond acceptors (Lipinski definition) is 6. The lowest BCUT2D eigenvalue weighted by atomic mass is 10.1.